The Morgan fingerprint density at radius 1 is 1.48 bits per heavy atom. The van der Waals surface area contributed by atoms with Crippen LogP contribution in [0.5, 0.6) is 0 Å². The third kappa shape index (κ3) is 3.72. The fourth-order valence-electron chi connectivity index (χ4n) is 2.34. The van der Waals surface area contributed by atoms with Crippen LogP contribution in [0.25, 0.3) is 0 Å². The highest BCUT2D eigenvalue weighted by Crippen LogP contribution is 2.26. The van der Waals surface area contributed by atoms with Gasteiger partial charge in [-0.05, 0) is 17.4 Å². The predicted octanol–water partition coefficient (Wildman–Crippen LogP) is 1.76. The van der Waals surface area contributed by atoms with Crippen LogP contribution in [0, 0.1) is 5.92 Å². The maximum absolute atomic E-state index is 12.4. The molecule has 116 valence electrons. The molecule has 1 amide bonds. The second-order valence-corrected chi connectivity index (χ2v) is 8.37. The summed E-state index contributed by atoms with van der Waals surface area (Å²) in [4.78, 5) is 13.5. The van der Waals surface area contributed by atoms with Crippen LogP contribution in [0.4, 0.5) is 0 Å². The van der Waals surface area contributed by atoms with E-state index in [0.717, 1.165) is 11.1 Å². The molecule has 1 aliphatic heterocycles. The Balaban J connectivity index is 2.14. The van der Waals surface area contributed by atoms with Crippen LogP contribution >= 0.6 is 11.3 Å². The summed E-state index contributed by atoms with van der Waals surface area (Å²) in [5, 5.41) is 4.94. The molecule has 0 aliphatic carbocycles. The SMILES string of the molecule is CC(C)C(NC(=O)C1C=CCN1S(C)(=O)=O)c1cccs1. The molecule has 2 heterocycles. The molecule has 1 aliphatic rings. The number of hydrogen-bond acceptors (Lipinski definition) is 4. The lowest BCUT2D eigenvalue weighted by atomic mass is 10.0. The van der Waals surface area contributed by atoms with E-state index in [1.54, 1.807) is 23.5 Å². The van der Waals surface area contributed by atoms with Gasteiger partial charge in [-0.2, -0.15) is 4.31 Å². The molecular formula is C14H20N2O3S2. The van der Waals surface area contributed by atoms with E-state index >= 15 is 0 Å². The second-order valence-electron chi connectivity index (χ2n) is 5.45. The van der Waals surface area contributed by atoms with Gasteiger partial charge in [0.25, 0.3) is 0 Å². The zero-order valence-electron chi connectivity index (χ0n) is 12.3. The van der Waals surface area contributed by atoms with E-state index in [9.17, 15) is 13.2 Å². The molecule has 2 atom stereocenters. The molecule has 1 aromatic rings. The van der Waals surface area contributed by atoms with E-state index in [4.69, 9.17) is 0 Å². The van der Waals surface area contributed by atoms with E-state index in [-0.39, 0.29) is 24.4 Å². The lowest BCUT2D eigenvalue weighted by molar-refractivity contribution is -0.124. The number of nitrogens with zero attached hydrogens (tertiary/aromatic N) is 1. The van der Waals surface area contributed by atoms with E-state index in [1.165, 1.54) is 4.31 Å². The van der Waals surface area contributed by atoms with Crippen LogP contribution in [0.15, 0.2) is 29.7 Å². The van der Waals surface area contributed by atoms with Crippen molar-refractivity contribution in [1.29, 1.82) is 0 Å². The molecule has 0 fully saturated rings. The van der Waals surface area contributed by atoms with Crippen molar-refractivity contribution in [1.82, 2.24) is 9.62 Å². The first-order chi connectivity index (χ1) is 9.80. The largest absolute Gasteiger partial charge is 0.347 e. The van der Waals surface area contributed by atoms with Crippen LogP contribution in [-0.2, 0) is 14.8 Å². The fourth-order valence-corrected chi connectivity index (χ4v) is 4.22. The molecule has 2 unspecified atom stereocenters. The van der Waals surface area contributed by atoms with Crippen molar-refractivity contribution >= 4 is 27.3 Å². The lowest BCUT2D eigenvalue weighted by Gasteiger charge is -2.26. The molecule has 0 saturated heterocycles. The van der Waals surface area contributed by atoms with Crippen molar-refractivity contribution in [3.63, 3.8) is 0 Å². The zero-order chi connectivity index (χ0) is 15.6. The average Bonchev–Trinajstić information content (AvgIpc) is 3.04. The molecule has 7 heteroatoms. The Kier molecular flexibility index (Phi) is 4.85. The van der Waals surface area contributed by atoms with Crippen LogP contribution in [0.2, 0.25) is 0 Å². The quantitative estimate of drug-likeness (QED) is 0.838. The predicted molar refractivity (Wildman–Crippen MR) is 84.5 cm³/mol. The molecule has 1 N–H and O–H groups in total. The average molecular weight is 328 g/mol. The standard InChI is InChI=1S/C14H20N2O3S2/c1-10(2)13(12-7-5-9-20-12)15-14(17)11-6-4-8-16(11)21(3,18)19/h4-7,9-11,13H,8H2,1-3H3,(H,15,17). The minimum atomic E-state index is -3.39. The maximum Gasteiger partial charge on any atom is 0.242 e. The molecule has 0 bridgehead atoms. The van der Waals surface area contributed by atoms with Gasteiger partial charge in [0.2, 0.25) is 15.9 Å². The highest BCUT2D eigenvalue weighted by Gasteiger charge is 2.34. The minimum absolute atomic E-state index is 0.104. The summed E-state index contributed by atoms with van der Waals surface area (Å²) in [6.45, 7) is 4.31. The van der Waals surface area contributed by atoms with Gasteiger partial charge in [-0.25, -0.2) is 8.42 Å². The van der Waals surface area contributed by atoms with Gasteiger partial charge >= 0.3 is 0 Å². The van der Waals surface area contributed by atoms with Crippen molar-refractivity contribution in [2.24, 2.45) is 5.92 Å². The summed E-state index contributed by atoms with van der Waals surface area (Å²) in [5.74, 6) is -0.0501. The number of thiophene rings is 1. The Bertz CT molecular complexity index is 621. The molecular weight excluding hydrogens is 308 g/mol. The molecule has 0 radical (unpaired) electrons. The van der Waals surface area contributed by atoms with E-state index in [2.05, 4.69) is 5.32 Å². The highest BCUT2D eigenvalue weighted by molar-refractivity contribution is 7.88. The monoisotopic (exact) mass is 328 g/mol. The van der Waals surface area contributed by atoms with Gasteiger partial charge in [0.05, 0.1) is 12.3 Å². The number of carbonyl (C=O) groups is 1. The molecule has 0 saturated carbocycles. The lowest BCUT2D eigenvalue weighted by Crippen LogP contribution is -2.47. The van der Waals surface area contributed by atoms with Crippen LogP contribution in [0.1, 0.15) is 24.8 Å². The number of amides is 1. The third-order valence-electron chi connectivity index (χ3n) is 3.42. The van der Waals surface area contributed by atoms with Gasteiger partial charge in [0, 0.05) is 11.4 Å². The first-order valence-electron chi connectivity index (χ1n) is 6.78. The molecule has 2 rings (SSSR count). The number of nitrogens with one attached hydrogen (secondary N) is 1. The topological polar surface area (TPSA) is 66.5 Å². The Morgan fingerprint density at radius 2 is 2.19 bits per heavy atom. The van der Waals surface area contributed by atoms with Crippen molar-refractivity contribution in [3.8, 4) is 0 Å². The maximum atomic E-state index is 12.4. The van der Waals surface area contributed by atoms with Gasteiger partial charge in [0.1, 0.15) is 6.04 Å². The second kappa shape index (κ2) is 6.29. The minimum Gasteiger partial charge on any atom is -0.347 e. The Hall–Kier alpha value is -1.18. The van der Waals surface area contributed by atoms with Crippen molar-refractivity contribution in [3.05, 3.63) is 34.5 Å². The molecule has 21 heavy (non-hydrogen) atoms. The molecule has 1 aromatic heterocycles. The number of hydrogen-bond donors (Lipinski definition) is 1. The number of rotatable bonds is 5. The van der Waals surface area contributed by atoms with Crippen molar-refractivity contribution in [2.45, 2.75) is 25.9 Å². The van der Waals surface area contributed by atoms with E-state index in [1.807, 2.05) is 31.4 Å². The Labute approximate surface area is 129 Å². The summed E-state index contributed by atoms with van der Waals surface area (Å²) >= 11 is 1.59. The van der Waals surface area contributed by atoms with Crippen LogP contribution in [0.3, 0.4) is 0 Å². The highest BCUT2D eigenvalue weighted by atomic mass is 32.2. The smallest absolute Gasteiger partial charge is 0.242 e. The van der Waals surface area contributed by atoms with Gasteiger partial charge in [0.15, 0.2) is 0 Å². The van der Waals surface area contributed by atoms with E-state index < -0.39 is 16.1 Å². The summed E-state index contributed by atoms with van der Waals surface area (Å²) in [6.07, 6.45) is 4.47. The number of sulfonamides is 1. The molecule has 0 aromatic carbocycles. The van der Waals surface area contributed by atoms with Gasteiger partial charge < -0.3 is 5.32 Å². The van der Waals surface area contributed by atoms with Crippen molar-refractivity contribution < 1.29 is 13.2 Å². The van der Waals surface area contributed by atoms with Gasteiger partial charge in [-0.1, -0.05) is 32.1 Å². The zero-order valence-corrected chi connectivity index (χ0v) is 13.9. The third-order valence-corrected chi connectivity index (χ3v) is 5.61. The van der Waals surface area contributed by atoms with E-state index in [0.29, 0.717) is 0 Å². The van der Waals surface area contributed by atoms with Gasteiger partial charge in [-0.15, -0.1) is 11.3 Å². The summed E-state index contributed by atoms with van der Waals surface area (Å²) in [7, 11) is -3.39. The summed E-state index contributed by atoms with van der Waals surface area (Å²) in [5.41, 5.74) is 0. The molecule has 0 spiro atoms. The van der Waals surface area contributed by atoms with Crippen LogP contribution in [-0.4, -0.2) is 37.5 Å². The van der Waals surface area contributed by atoms with Gasteiger partial charge in [-0.3, -0.25) is 4.79 Å². The fraction of sp³-hybridized carbons (Fsp3) is 0.500. The number of carbonyl (C=O) groups excluding carboxylic acids is 1. The summed E-state index contributed by atoms with van der Waals surface area (Å²) < 4.78 is 24.6. The normalized spacial score (nSPS) is 20.9. The molecule has 5 nitrogen and oxygen atoms in total. The van der Waals surface area contributed by atoms with Crippen molar-refractivity contribution in [2.75, 3.05) is 12.8 Å². The summed E-state index contributed by atoms with van der Waals surface area (Å²) in [6, 6.07) is 3.07. The van der Waals surface area contributed by atoms with Crippen LogP contribution < -0.4 is 5.32 Å². The first-order valence-corrected chi connectivity index (χ1v) is 9.50. The first kappa shape index (κ1) is 16.2. The Morgan fingerprint density at radius 3 is 2.71 bits per heavy atom.